The minimum Gasteiger partial charge on any atom is -0.466 e. The molecule has 0 amide bonds. The Balaban J connectivity index is 4.77. The Labute approximate surface area is 373 Å². The Morgan fingerprint density at radius 2 is 0.984 bits per heavy atom. The van der Waals surface area contributed by atoms with Crippen molar-refractivity contribution in [2.75, 3.05) is 52.7 Å². The molecular formula is C51H91NO9. The van der Waals surface area contributed by atoms with Gasteiger partial charge in [-0.15, -0.1) is 0 Å². The van der Waals surface area contributed by atoms with Crippen molar-refractivity contribution in [1.82, 2.24) is 4.90 Å². The highest BCUT2D eigenvalue weighted by Gasteiger charge is 2.19. The number of hydrogen-bond donors (Lipinski definition) is 0. The maximum absolute atomic E-state index is 12.8. The first kappa shape index (κ1) is 58.0. The summed E-state index contributed by atoms with van der Waals surface area (Å²) in [6.07, 6.45) is 38.5. The Hall–Kier alpha value is -2.95. The molecule has 10 nitrogen and oxygen atoms in total. The van der Waals surface area contributed by atoms with E-state index in [-0.39, 0.29) is 51.0 Å². The molecule has 0 saturated carbocycles. The van der Waals surface area contributed by atoms with Crippen LogP contribution in [0.2, 0.25) is 0 Å². The van der Waals surface area contributed by atoms with Crippen molar-refractivity contribution < 1.29 is 42.8 Å². The van der Waals surface area contributed by atoms with Crippen molar-refractivity contribution >= 4 is 18.1 Å². The van der Waals surface area contributed by atoms with Crippen LogP contribution in [0, 0.1) is 0 Å². The summed E-state index contributed by atoms with van der Waals surface area (Å²) >= 11 is 0. The highest BCUT2D eigenvalue weighted by molar-refractivity contribution is 5.69. The third-order valence-electron chi connectivity index (χ3n) is 10.3. The van der Waals surface area contributed by atoms with Crippen LogP contribution in [0.15, 0.2) is 48.6 Å². The summed E-state index contributed by atoms with van der Waals surface area (Å²) in [5.41, 5.74) is 0. The van der Waals surface area contributed by atoms with Gasteiger partial charge in [-0.25, -0.2) is 4.79 Å². The van der Waals surface area contributed by atoms with Crippen LogP contribution in [-0.2, 0) is 38.0 Å². The molecule has 0 rings (SSSR count). The Bertz CT molecular complexity index is 1090. The molecule has 0 aliphatic heterocycles. The Kier molecular flexibility index (Phi) is 44.3. The summed E-state index contributed by atoms with van der Waals surface area (Å²) < 4.78 is 34.1. The number of nitrogens with zero attached hydrogens (tertiary/aromatic N) is 1. The minimum absolute atomic E-state index is 0.0571. The number of rotatable bonds is 44. The van der Waals surface area contributed by atoms with Gasteiger partial charge in [-0.2, -0.15) is 0 Å². The van der Waals surface area contributed by atoms with Crippen molar-refractivity contribution in [2.45, 2.75) is 208 Å². The summed E-state index contributed by atoms with van der Waals surface area (Å²) in [5, 5.41) is 0. The SMILES string of the molecule is CC/C=C\CCCCOC(CCC(=O)OCCC(CCOC(=O)CCCCCCC/C=C\C/C=C\CCCCC)OC(=O)OCCCN(CC)CC)OCCCC/C=C\CC. The van der Waals surface area contributed by atoms with E-state index in [0.717, 1.165) is 116 Å². The van der Waals surface area contributed by atoms with E-state index in [9.17, 15) is 14.4 Å². The first-order valence-corrected chi connectivity index (χ1v) is 24.6. The molecule has 0 fully saturated rings. The zero-order valence-electron chi connectivity index (χ0n) is 39.7. The van der Waals surface area contributed by atoms with Crippen molar-refractivity contribution in [3.63, 3.8) is 0 Å². The number of unbranched alkanes of at least 4 members (excludes halogenated alkanes) is 12. The van der Waals surface area contributed by atoms with E-state index in [2.05, 4.69) is 88.1 Å². The summed E-state index contributed by atoms with van der Waals surface area (Å²) in [6, 6.07) is 0. The molecule has 1 unspecified atom stereocenters. The van der Waals surface area contributed by atoms with Gasteiger partial charge >= 0.3 is 18.1 Å². The molecule has 354 valence electrons. The van der Waals surface area contributed by atoms with Gasteiger partial charge in [0.15, 0.2) is 6.29 Å². The van der Waals surface area contributed by atoms with Crippen LogP contribution >= 0.6 is 0 Å². The number of ether oxygens (including phenoxy) is 6. The molecule has 0 bridgehead atoms. The van der Waals surface area contributed by atoms with Crippen molar-refractivity contribution in [3.05, 3.63) is 48.6 Å². The van der Waals surface area contributed by atoms with Crippen molar-refractivity contribution in [3.8, 4) is 0 Å². The molecule has 0 saturated heterocycles. The normalized spacial score (nSPS) is 12.5. The lowest BCUT2D eigenvalue weighted by atomic mass is 10.1. The summed E-state index contributed by atoms with van der Waals surface area (Å²) in [7, 11) is 0. The van der Waals surface area contributed by atoms with Crippen LogP contribution in [0.3, 0.4) is 0 Å². The highest BCUT2D eigenvalue weighted by Crippen LogP contribution is 2.13. The molecule has 1 atom stereocenters. The predicted octanol–water partition coefficient (Wildman–Crippen LogP) is 13.3. The lowest BCUT2D eigenvalue weighted by Crippen LogP contribution is -2.26. The van der Waals surface area contributed by atoms with Crippen LogP contribution in [0.4, 0.5) is 4.79 Å². The zero-order chi connectivity index (χ0) is 44.7. The van der Waals surface area contributed by atoms with Gasteiger partial charge in [0.25, 0.3) is 0 Å². The van der Waals surface area contributed by atoms with Gasteiger partial charge in [-0.1, -0.05) is 115 Å². The van der Waals surface area contributed by atoms with Crippen LogP contribution in [0.5, 0.6) is 0 Å². The molecule has 0 radical (unpaired) electrons. The maximum atomic E-state index is 12.8. The Morgan fingerprint density at radius 1 is 0.475 bits per heavy atom. The molecule has 0 aliphatic rings. The largest absolute Gasteiger partial charge is 0.508 e. The molecule has 0 aromatic heterocycles. The number of esters is 2. The van der Waals surface area contributed by atoms with E-state index in [1.54, 1.807) is 0 Å². The fraction of sp³-hybridized carbons (Fsp3) is 0.784. The third kappa shape index (κ3) is 42.1. The van der Waals surface area contributed by atoms with E-state index >= 15 is 0 Å². The first-order valence-electron chi connectivity index (χ1n) is 24.6. The summed E-state index contributed by atoms with van der Waals surface area (Å²) in [6.45, 7) is 15.0. The molecule has 0 aromatic rings. The van der Waals surface area contributed by atoms with Gasteiger partial charge in [0.05, 0.1) is 26.2 Å². The van der Waals surface area contributed by atoms with Gasteiger partial charge in [-0.3, -0.25) is 9.59 Å². The lowest BCUT2D eigenvalue weighted by Gasteiger charge is -2.20. The second-order valence-electron chi connectivity index (χ2n) is 15.7. The molecule has 61 heavy (non-hydrogen) atoms. The number of allylic oxidation sites excluding steroid dienone is 8. The van der Waals surface area contributed by atoms with E-state index in [1.807, 2.05) is 0 Å². The maximum Gasteiger partial charge on any atom is 0.508 e. The summed E-state index contributed by atoms with van der Waals surface area (Å²) in [5.74, 6) is -0.622. The van der Waals surface area contributed by atoms with E-state index in [4.69, 9.17) is 28.4 Å². The van der Waals surface area contributed by atoms with Gasteiger partial charge in [0, 0.05) is 45.4 Å². The summed E-state index contributed by atoms with van der Waals surface area (Å²) in [4.78, 5) is 40.2. The number of carbonyl (C=O) groups excluding carboxylic acids is 3. The highest BCUT2D eigenvalue weighted by atomic mass is 16.7. The average molecular weight is 862 g/mol. The molecule has 0 aliphatic carbocycles. The molecule has 0 N–H and O–H groups in total. The minimum atomic E-state index is -0.771. The van der Waals surface area contributed by atoms with E-state index in [0.29, 0.717) is 32.5 Å². The average Bonchev–Trinajstić information content (AvgIpc) is 3.25. The molecule has 0 aromatic carbocycles. The van der Waals surface area contributed by atoms with Gasteiger partial charge in [0.2, 0.25) is 0 Å². The van der Waals surface area contributed by atoms with Gasteiger partial charge in [-0.05, 0) is 109 Å². The smallest absolute Gasteiger partial charge is 0.466 e. The van der Waals surface area contributed by atoms with Crippen LogP contribution < -0.4 is 0 Å². The van der Waals surface area contributed by atoms with E-state index in [1.165, 1.54) is 25.7 Å². The Morgan fingerprint density at radius 3 is 1.54 bits per heavy atom. The van der Waals surface area contributed by atoms with Crippen LogP contribution in [-0.4, -0.2) is 88.1 Å². The number of carbonyl (C=O) groups is 3. The zero-order valence-corrected chi connectivity index (χ0v) is 39.7. The van der Waals surface area contributed by atoms with E-state index < -0.39 is 18.5 Å². The first-order chi connectivity index (χ1) is 29.9. The predicted molar refractivity (Wildman–Crippen MR) is 251 cm³/mol. The second-order valence-corrected chi connectivity index (χ2v) is 15.7. The molecular weight excluding hydrogens is 771 g/mol. The lowest BCUT2D eigenvalue weighted by molar-refractivity contribution is -0.159. The molecule has 10 heteroatoms. The van der Waals surface area contributed by atoms with Gasteiger partial charge in [0.1, 0.15) is 6.10 Å². The third-order valence-corrected chi connectivity index (χ3v) is 10.3. The molecule has 0 heterocycles. The fourth-order valence-corrected chi connectivity index (χ4v) is 6.43. The van der Waals surface area contributed by atoms with Crippen LogP contribution in [0.25, 0.3) is 0 Å². The van der Waals surface area contributed by atoms with Gasteiger partial charge < -0.3 is 33.3 Å². The van der Waals surface area contributed by atoms with Crippen molar-refractivity contribution in [1.29, 1.82) is 0 Å². The standard InChI is InChI=1S/C51H91NO9/c1-6-11-14-17-20-21-22-23-24-25-26-27-28-29-32-36-48(53)56-45-39-47(61-51(55)60-44-35-41-52(9-4)10-5)40-46-57-49(54)37-38-50(58-42-33-30-18-15-12-7-2)59-43-34-31-19-16-13-8-3/h12-13,15-16,20-21,23-24,47,50H,6-11,14,17-19,22,25-46H2,1-5H3/b15-12-,16-13-,21-20-,24-23-. The van der Waals surface area contributed by atoms with Crippen molar-refractivity contribution in [2.24, 2.45) is 0 Å². The number of hydrogen-bond acceptors (Lipinski definition) is 10. The second kappa shape index (κ2) is 46.6. The fourth-order valence-electron chi connectivity index (χ4n) is 6.43. The monoisotopic (exact) mass is 862 g/mol. The quantitative estimate of drug-likeness (QED) is 0.0193. The topological polar surface area (TPSA) is 110 Å². The molecule has 0 spiro atoms. The van der Waals surface area contributed by atoms with Crippen LogP contribution in [0.1, 0.15) is 195 Å².